The van der Waals surface area contributed by atoms with Gasteiger partial charge >= 0.3 is 0 Å². The number of carbonyl (C=O) groups excluding carboxylic acids is 1. The zero-order chi connectivity index (χ0) is 18.5. The number of fused-ring (bicyclic) bond motifs is 1. The maximum atomic E-state index is 11.5. The number of hydrogen-bond acceptors (Lipinski definition) is 5. The Labute approximate surface area is 151 Å². The molecule has 136 valence electrons. The molecular weight excluding hydrogens is 334 g/mol. The van der Waals surface area contributed by atoms with Crippen LogP contribution in [0.4, 0.5) is 0 Å². The summed E-state index contributed by atoms with van der Waals surface area (Å²) in [6.07, 6.45) is 0. The summed E-state index contributed by atoms with van der Waals surface area (Å²) >= 11 is 0. The number of aromatic nitrogens is 2. The highest BCUT2D eigenvalue weighted by molar-refractivity contribution is 5.96. The first-order valence-electron chi connectivity index (χ1n) is 8.31. The number of hydrogen-bond donors (Lipinski definition) is 2. The predicted octanol–water partition coefficient (Wildman–Crippen LogP) is 1.82. The van der Waals surface area contributed by atoms with Gasteiger partial charge in [0.1, 0.15) is 18.2 Å². The van der Waals surface area contributed by atoms with Crippen molar-refractivity contribution in [3.63, 3.8) is 0 Å². The monoisotopic (exact) mass is 355 g/mol. The van der Waals surface area contributed by atoms with E-state index in [0.29, 0.717) is 25.4 Å². The van der Waals surface area contributed by atoms with Crippen molar-refractivity contribution in [1.82, 2.24) is 9.55 Å². The topological polar surface area (TPSA) is 99.6 Å². The number of primary amides is 1. The smallest absolute Gasteiger partial charge is 0.248 e. The minimum atomic E-state index is -0.468. The number of carbonyl (C=O) groups is 1. The predicted molar refractivity (Wildman–Crippen MR) is 97.7 cm³/mol. The molecule has 0 fully saturated rings. The third kappa shape index (κ3) is 3.84. The first-order chi connectivity index (χ1) is 12.6. The average Bonchev–Trinajstić information content (AvgIpc) is 2.97. The van der Waals surface area contributed by atoms with Crippen LogP contribution in [0, 0.1) is 6.92 Å². The van der Waals surface area contributed by atoms with E-state index < -0.39 is 5.91 Å². The van der Waals surface area contributed by atoms with Gasteiger partial charge in [-0.05, 0) is 49.4 Å². The maximum absolute atomic E-state index is 11.5. The minimum absolute atomic E-state index is 0.00434. The van der Waals surface area contributed by atoms with Crippen LogP contribution in [-0.4, -0.2) is 47.0 Å². The molecule has 3 aromatic rings. The Morgan fingerprint density at radius 2 is 1.92 bits per heavy atom. The lowest BCUT2D eigenvalue weighted by Gasteiger charge is -2.10. The fourth-order valence-corrected chi connectivity index (χ4v) is 2.75. The van der Waals surface area contributed by atoms with Crippen LogP contribution in [0.3, 0.4) is 0 Å². The van der Waals surface area contributed by atoms with Gasteiger partial charge in [-0.25, -0.2) is 4.98 Å². The molecule has 7 nitrogen and oxygen atoms in total. The molecule has 0 aliphatic heterocycles. The summed E-state index contributed by atoms with van der Waals surface area (Å²) in [6.45, 7) is 3.05. The van der Waals surface area contributed by atoms with Gasteiger partial charge in [0.05, 0.1) is 30.9 Å². The van der Waals surface area contributed by atoms with Crippen molar-refractivity contribution in [2.24, 2.45) is 5.73 Å². The molecule has 0 saturated carbocycles. The van der Waals surface area contributed by atoms with Crippen LogP contribution in [0.1, 0.15) is 16.2 Å². The number of nitrogens with two attached hydrogens (primary N) is 1. The second-order valence-corrected chi connectivity index (χ2v) is 5.74. The molecule has 2 aromatic carbocycles. The molecule has 0 aliphatic carbocycles. The number of amides is 1. The fourth-order valence-electron chi connectivity index (χ4n) is 2.75. The highest BCUT2D eigenvalue weighted by Gasteiger charge is 2.11. The van der Waals surface area contributed by atoms with Crippen molar-refractivity contribution in [2.75, 3.05) is 26.4 Å². The van der Waals surface area contributed by atoms with E-state index in [4.69, 9.17) is 20.3 Å². The maximum Gasteiger partial charge on any atom is 0.248 e. The van der Waals surface area contributed by atoms with E-state index in [9.17, 15) is 4.79 Å². The van der Waals surface area contributed by atoms with Crippen LogP contribution in [0.15, 0.2) is 42.5 Å². The molecule has 0 saturated heterocycles. The summed E-state index contributed by atoms with van der Waals surface area (Å²) in [6, 6.07) is 12.8. The zero-order valence-corrected chi connectivity index (χ0v) is 14.5. The van der Waals surface area contributed by atoms with Crippen LogP contribution >= 0.6 is 0 Å². The number of benzene rings is 2. The molecule has 1 aromatic heterocycles. The van der Waals surface area contributed by atoms with Gasteiger partial charge in [-0.15, -0.1) is 0 Å². The highest BCUT2D eigenvalue weighted by Crippen LogP contribution is 2.24. The molecule has 3 rings (SSSR count). The number of imidazole rings is 1. The van der Waals surface area contributed by atoms with Crippen molar-refractivity contribution in [1.29, 1.82) is 0 Å². The van der Waals surface area contributed by atoms with Crippen LogP contribution in [0.2, 0.25) is 0 Å². The van der Waals surface area contributed by atoms with Gasteiger partial charge in [0, 0.05) is 11.3 Å². The third-order valence-corrected chi connectivity index (χ3v) is 3.93. The van der Waals surface area contributed by atoms with Gasteiger partial charge < -0.3 is 20.3 Å². The van der Waals surface area contributed by atoms with Gasteiger partial charge in [0.2, 0.25) is 5.91 Å². The van der Waals surface area contributed by atoms with Gasteiger partial charge in [-0.2, -0.15) is 0 Å². The van der Waals surface area contributed by atoms with Crippen molar-refractivity contribution < 1.29 is 19.4 Å². The van der Waals surface area contributed by atoms with E-state index in [1.54, 1.807) is 18.2 Å². The zero-order valence-electron chi connectivity index (χ0n) is 14.5. The molecule has 7 heteroatoms. The summed E-state index contributed by atoms with van der Waals surface area (Å²) in [7, 11) is 0. The summed E-state index contributed by atoms with van der Waals surface area (Å²) in [4.78, 5) is 16.0. The van der Waals surface area contributed by atoms with Gasteiger partial charge in [0.25, 0.3) is 0 Å². The summed E-state index contributed by atoms with van der Waals surface area (Å²) < 4.78 is 12.7. The number of rotatable bonds is 8. The van der Waals surface area contributed by atoms with Crippen LogP contribution in [0.25, 0.3) is 16.7 Å². The normalized spacial score (nSPS) is 11.0. The summed E-state index contributed by atoms with van der Waals surface area (Å²) in [5.41, 5.74) is 8.37. The molecule has 0 atom stereocenters. The Morgan fingerprint density at radius 3 is 2.62 bits per heavy atom. The van der Waals surface area contributed by atoms with Gasteiger partial charge in [-0.1, -0.05) is 0 Å². The first kappa shape index (κ1) is 17.9. The highest BCUT2D eigenvalue weighted by atomic mass is 16.5. The SMILES string of the molecule is Cc1nc2ccc(C(N)=O)cc2n1-c1ccc(OCCOCCO)cc1. The minimum Gasteiger partial charge on any atom is -0.491 e. The fraction of sp³-hybridized carbons (Fsp3) is 0.263. The Morgan fingerprint density at radius 1 is 1.15 bits per heavy atom. The molecule has 0 bridgehead atoms. The average molecular weight is 355 g/mol. The Kier molecular flexibility index (Phi) is 5.50. The molecule has 1 heterocycles. The van der Waals surface area contributed by atoms with E-state index >= 15 is 0 Å². The molecule has 0 spiro atoms. The van der Waals surface area contributed by atoms with Crippen molar-refractivity contribution >= 4 is 16.9 Å². The van der Waals surface area contributed by atoms with Crippen molar-refractivity contribution in [3.8, 4) is 11.4 Å². The second kappa shape index (κ2) is 7.99. The summed E-state index contributed by atoms with van der Waals surface area (Å²) in [5, 5.41) is 8.65. The van der Waals surface area contributed by atoms with E-state index in [-0.39, 0.29) is 6.61 Å². The lowest BCUT2D eigenvalue weighted by molar-refractivity contribution is 0.0705. The number of aliphatic hydroxyl groups is 1. The number of nitrogens with zero attached hydrogens (tertiary/aromatic N) is 2. The second-order valence-electron chi connectivity index (χ2n) is 5.74. The molecular formula is C19H21N3O4. The van der Waals surface area contributed by atoms with E-state index in [2.05, 4.69) is 4.98 Å². The van der Waals surface area contributed by atoms with Crippen LogP contribution in [-0.2, 0) is 4.74 Å². The lowest BCUT2D eigenvalue weighted by Crippen LogP contribution is -2.10. The Balaban J connectivity index is 1.81. The number of ether oxygens (including phenoxy) is 2. The van der Waals surface area contributed by atoms with E-state index in [1.165, 1.54) is 0 Å². The first-order valence-corrected chi connectivity index (χ1v) is 8.31. The largest absolute Gasteiger partial charge is 0.491 e. The molecule has 0 radical (unpaired) electrons. The van der Waals surface area contributed by atoms with Crippen molar-refractivity contribution in [3.05, 3.63) is 53.9 Å². The van der Waals surface area contributed by atoms with E-state index in [1.807, 2.05) is 35.8 Å². The number of aliphatic hydroxyl groups excluding tert-OH is 1. The summed E-state index contributed by atoms with van der Waals surface area (Å²) in [5.74, 6) is 1.07. The third-order valence-electron chi connectivity index (χ3n) is 3.93. The standard InChI is InChI=1S/C19H21N3O4/c1-13-21-17-7-2-14(19(20)24)12-18(17)22(13)15-3-5-16(6-4-15)26-11-10-25-9-8-23/h2-7,12,23H,8-11H2,1H3,(H2,20,24). The number of aryl methyl sites for hydroxylation is 1. The lowest BCUT2D eigenvalue weighted by atomic mass is 10.2. The quantitative estimate of drug-likeness (QED) is 0.601. The van der Waals surface area contributed by atoms with Crippen LogP contribution < -0.4 is 10.5 Å². The molecule has 0 aliphatic rings. The molecule has 1 amide bonds. The van der Waals surface area contributed by atoms with Crippen molar-refractivity contribution in [2.45, 2.75) is 6.92 Å². The Bertz CT molecular complexity index is 903. The van der Waals surface area contributed by atoms with E-state index in [0.717, 1.165) is 28.3 Å². The molecule has 26 heavy (non-hydrogen) atoms. The van der Waals surface area contributed by atoms with Gasteiger partial charge in [0.15, 0.2) is 0 Å². The Hall–Kier alpha value is -2.90. The van der Waals surface area contributed by atoms with Crippen LogP contribution in [0.5, 0.6) is 5.75 Å². The van der Waals surface area contributed by atoms with Gasteiger partial charge in [-0.3, -0.25) is 9.36 Å². The molecule has 0 unspecified atom stereocenters. The molecule has 3 N–H and O–H groups in total.